The number of ether oxygens (including phenoxy) is 1. The number of hydrogen-bond acceptors (Lipinski definition) is 4. The summed E-state index contributed by atoms with van der Waals surface area (Å²) in [7, 11) is 0. The van der Waals surface area contributed by atoms with Gasteiger partial charge in [-0.3, -0.25) is 9.89 Å². The number of nitrogens with zero attached hydrogens (tertiary/aromatic N) is 2. The van der Waals surface area contributed by atoms with Gasteiger partial charge in [-0.05, 0) is 38.4 Å². The Morgan fingerprint density at radius 1 is 1.26 bits per heavy atom. The van der Waals surface area contributed by atoms with Gasteiger partial charge >= 0.3 is 0 Å². The third-order valence-electron chi connectivity index (χ3n) is 5.05. The lowest BCUT2D eigenvalue weighted by molar-refractivity contribution is 0.0744. The first-order valence-electron chi connectivity index (χ1n) is 9.84. The highest BCUT2D eigenvalue weighted by molar-refractivity contribution is 14.0. The van der Waals surface area contributed by atoms with Gasteiger partial charge in [-0.15, -0.1) is 24.0 Å². The molecule has 27 heavy (non-hydrogen) atoms. The van der Waals surface area contributed by atoms with Gasteiger partial charge in [0.15, 0.2) is 5.96 Å². The maximum atomic E-state index is 12.5. The van der Waals surface area contributed by atoms with Crippen LogP contribution in [0.4, 0.5) is 8.78 Å². The first-order valence-corrected chi connectivity index (χ1v) is 10.8. The number of halogens is 3. The summed E-state index contributed by atoms with van der Waals surface area (Å²) in [4.78, 5) is 6.72. The van der Waals surface area contributed by atoms with Crippen LogP contribution >= 0.6 is 35.7 Å². The van der Waals surface area contributed by atoms with Crippen molar-refractivity contribution in [1.82, 2.24) is 15.5 Å². The SMILES string of the molecule is CCNC(=NCC1(SCC)CCOCC1)NC1CCN(CC(F)F)CC1.I. The number of alkyl halides is 2. The van der Waals surface area contributed by atoms with Crippen molar-refractivity contribution in [3.8, 4) is 0 Å². The van der Waals surface area contributed by atoms with E-state index >= 15 is 0 Å². The summed E-state index contributed by atoms with van der Waals surface area (Å²) < 4.78 is 30.7. The lowest BCUT2D eigenvalue weighted by atomic mass is 9.99. The van der Waals surface area contributed by atoms with E-state index in [0.717, 1.165) is 63.7 Å². The molecule has 0 aliphatic carbocycles. The Kier molecular flexibility index (Phi) is 12.5. The van der Waals surface area contributed by atoms with Crippen LogP contribution in [-0.2, 0) is 4.74 Å². The van der Waals surface area contributed by atoms with Crippen LogP contribution in [0.3, 0.4) is 0 Å². The van der Waals surface area contributed by atoms with Crippen LogP contribution in [0.5, 0.6) is 0 Å². The van der Waals surface area contributed by atoms with Crippen LogP contribution in [0, 0.1) is 0 Å². The molecule has 2 heterocycles. The van der Waals surface area contributed by atoms with Crippen molar-refractivity contribution < 1.29 is 13.5 Å². The van der Waals surface area contributed by atoms with E-state index in [1.54, 1.807) is 0 Å². The van der Waals surface area contributed by atoms with Crippen LogP contribution in [0.1, 0.15) is 39.5 Å². The lowest BCUT2D eigenvalue weighted by Gasteiger charge is -2.36. The number of guanidine groups is 1. The fourth-order valence-corrected chi connectivity index (χ4v) is 4.81. The third kappa shape index (κ3) is 8.99. The van der Waals surface area contributed by atoms with Gasteiger partial charge in [0.25, 0.3) is 6.43 Å². The summed E-state index contributed by atoms with van der Waals surface area (Å²) in [6.07, 6.45) is 1.59. The van der Waals surface area contributed by atoms with E-state index in [4.69, 9.17) is 9.73 Å². The number of hydrogen-bond donors (Lipinski definition) is 2. The summed E-state index contributed by atoms with van der Waals surface area (Å²) in [6.45, 7) is 8.81. The zero-order chi connectivity index (χ0) is 18.8. The van der Waals surface area contributed by atoms with Gasteiger partial charge in [0.05, 0.1) is 13.1 Å². The summed E-state index contributed by atoms with van der Waals surface area (Å²) in [5.74, 6) is 1.93. The van der Waals surface area contributed by atoms with Gasteiger partial charge in [-0.1, -0.05) is 6.92 Å². The van der Waals surface area contributed by atoms with Crippen molar-refractivity contribution in [1.29, 1.82) is 0 Å². The van der Waals surface area contributed by atoms with Gasteiger partial charge in [0.2, 0.25) is 0 Å². The fraction of sp³-hybridized carbons (Fsp3) is 0.944. The lowest BCUT2D eigenvalue weighted by Crippen LogP contribution is -2.49. The van der Waals surface area contributed by atoms with Gasteiger partial charge in [-0.25, -0.2) is 8.78 Å². The Balaban J connectivity index is 0.00000364. The normalized spacial score (nSPS) is 21.7. The second-order valence-corrected chi connectivity index (χ2v) is 8.77. The predicted molar refractivity (Wildman–Crippen MR) is 121 cm³/mol. The number of piperidine rings is 1. The summed E-state index contributed by atoms with van der Waals surface area (Å²) >= 11 is 1.99. The molecule has 2 aliphatic rings. The van der Waals surface area contributed by atoms with Crippen molar-refractivity contribution in [2.24, 2.45) is 4.99 Å². The van der Waals surface area contributed by atoms with Crippen LogP contribution in [-0.4, -0.2) is 79.8 Å². The molecule has 0 saturated carbocycles. The average molecular weight is 520 g/mol. The van der Waals surface area contributed by atoms with Crippen molar-refractivity contribution in [2.75, 3.05) is 51.7 Å². The molecule has 2 rings (SSSR count). The molecule has 160 valence electrons. The predicted octanol–water partition coefficient (Wildman–Crippen LogP) is 3.19. The Morgan fingerprint density at radius 3 is 2.48 bits per heavy atom. The number of likely N-dealkylation sites (tertiary alicyclic amines) is 1. The molecule has 0 radical (unpaired) electrons. The molecule has 2 saturated heterocycles. The van der Waals surface area contributed by atoms with E-state index in [1.807, 2.05) is 16.7 Å². The minimum absolute atomic E-state index is 0. The summed E-state index contributed by atoms with van der Waals surface area (Å²) in [5, 5.41) is 6.85. The molecule has 0 amide bonds. The monoisotopic (exact) mass is 520 g/mol. The Morgan fingerprint density at radius 2 is 1.93 bits per heavy atom. The topological polar surface area (TPSA) is 48.9 Å². The van der Waals surface area contributed by atoms with Crippen LogP contribution in [0.2, 0.25) is 0 Å². The smallest absolute Gasteiger partial charge is 0.251 e. The van der Waals surface area contributed by atoms with E-state index in [-0.39, 0.29) is 35.3 Å². The van der Waals surface area contributed by atoms with E-state index in [2.05, 4.69) is 24.5 Å². The van der Waals surface area contributed by atoms with Gasteiger partial charge in [-0.2, -0.15) is 11.8 Å². The molecule has 9 heteroatoms. The van der Waals surface area contributed by atoms with Crippen molar-refractivity contribution >= 4 is 41.7 Å². The Hall–Kier alpha value is 0.130. The van der Waals surface area contributed by atoms with Crippen LogP contribution in [0.15, 0.2) is 4.99 Å². The van der Waals surface area contributed by atoms with Crippen molar-refractivity contribution in [2.45, 2.75) is 56.7 Å². The standard InChI is InChI=1S/C18H34F2N4OS.HI/c1-3-21-17(22-14-18(26-4-2)7-11-25-12-8-18)23-15-5-9-24(10-6-15)13-16(19)20;/h15-16H,3-14H2,1-2H3,(H2,21,22,23);1H. The molecular formula is C18H35F2IN4OS. The quantitative estimate of drug-likeness (QED) is 0.293. The molecule has 0 aromatic carbocycles. The van der Waals surface area contributed by atoms with Gasteiger partial charge < -0.3 is 15.4 Å². The maximum Gasteiger partial charge on any atom is 0.251 e. The molecule has 2 aliphatic heterocycles. The van der Waals surface area contributed by atoms with Crippen LogP contribution in [0.25, 0.3) is 0 Å². The Labute approximate surface area is 183 Å². The summed E-state index contributed by atoms with van der Waals surface area (Å²) in [6, 6.07) is 0.297. The second-order valence-electron chi connectivity index (χ2n) is 7.03. The average Bonchev–Trinajstić information content (AvgIpc) is 2.62. The van der Waals surface area contributed by atoms with Gasteiger partial charge in [0, 0.05) is 43.6 Å². The molecule has 0 atom stereocenters. The summed E-state index contributed by atoms with van der Waals surface area (Å²) in [5.41, 5.74) is 0. The molecular weight excluding hydrogens is 485 g/mol. The number of rotatable bonds is 8. The van der Waals surface area contributed by atoms with Crippen molar-refractivity contribution in [3.05, 3.63) is 0 Å². The van der Waals surface area contributed by atoms with E-state index in [9.17, 15) is 8.78 Å². The van der Waals surface area contributed by atoms with Crippen molar-refractivity contribution in [3.63, 3.8) is 0 Å². The molecule has 0 aromatic rings. The molecule has 5 nitrogen and oxygen atoms in total. The largest absolute Gasteiger partial charge is 0.381 e. The number of aliphatic imine (C=N–C) groups is 1. The molecule has 0 unspecified atom stereocenters. The maximum absolute atomic E-state index is 12.5. The molecule has 0 aromatic heterocycles. The number of nitrogens with one attached hydrogen (secondary N) is 2. The zero-order valence-electron chi connectivity index (χ0n) is 16.5. The van der Waals surface area contributed by atoms with E-state index in [1.165, 1.54) is 0 Å². The van der Waals surface area contributed by atoms with E-state index < -0.39 is 6.43 Å². The molecule has 2 fully saturated rings. The second kappa shape index (κ2) is 13.4. The molecule has 0 spiro atoms. The third-order valence-corrected chi connectivity index (χ3v) is 6.49. The Bertz CT molecular complexity index is 426. The molecule has 0 bridgehead atoms. The minimum atomic E-state index is -2.25. The first-order chi connectivity index (χ1) is 12.6. The highest BCUT2D eigenvalue weighted by Gasteiger charge is 2.32. The highest BCUT2D eigenvalue weighted by atomic mass is 127. The van der Waals surface area contributed by atoms with Crippen LogP contribution < -0.4 is 10.6 Å². The highest BCUT2D eigenvalue weighted by Crippen LogP contribution is 2.35. The number of thioether (sulfide) groups is 1. The molecule has 2 N–H and O–H groups in total. The zero-order valence-corrected chi connectivity index (χ0v) is 19.7. The van der Waals surface area contributed by atoms with Gasteiger partial charge in [0.1, 0.15) is 0 Å². The van der Waals surface area contributed by atoms with E-state index in [0.29, 0.717) is 19.1 Å². The fourth-order valence-electron chi connectivity index (χ4n) is 3.59. The minimum Gasteiger partial charge on any atom is -0.381 e. The first kappa shape index (κ1) is 25.2.